The maximum absolute atomic E-state index is 4.03. The van der Waals surface area contributed by atoms with Gasteiger partial charge in [0.05, 0.1) is 5.52 Å². The van der Waals surface area contributed by atoms with Crippen LogP contribution >= 0.6 is 0 Å². The summed E-state index contributed by atoms with van der Waals surface area (Å²) in [5, 5.41) is 7.54. The molecule has 1 aromatic carbocycles. The summed E-state index contributed by atoms with van der Waals surface area (Å²) in [5.41, 5.74) is 5.85. The molecule has 1 heterocycles. The zero-order valence-electron chi connectivity index (χ0n) is 13.8. The SMILES string of the molecule is C=C(NC)c1ccc2c(ccn2C2=CC=C(CNC)CC=C2)c1. The van der Waals surface area contributed by atoms with Crippen LogP contribution in [0.25, 0.3) is 22.3 Å². The lowest BCUT2D eigenvalue weighted by Gasteiger charge is -2.08. The van der Waals surface area contributed by atoms with Crippen molar-refractivity contribution >= 4 is 22.3 Å². The van der Waals surface area contributed by atoms with Crippen LogP contribution in [0.4, 0.5) is 0 Å². The first-order valence-electron chi connectivity index (χ1n) is 7.92. The third kappa shape index (κ3) is 3.15. The Morgan fingerprint density at radius 1 is 1.22 bits per heavy atom. The largest absolute Gasteiger partial charge is 0.388 e. The second kappa shape index (κ2) is 6.71. The lowest BCUT2D eigenvalue weighted by Crippen LogP contribution is -2.09. The van der Waals surface area contributed by atoms with Crippen LogP contribution in [0.1, 0.15) is 12.0 Å². The summed E-state index contributed by atoms with van der Waals surface area (Å²) in [6.45, 7) is 4.96. The molecule has 0 saturated heterocycles. The fraction of sp³-hybridized carbons (Fsp3) is 0.200. The number of likely N-dealkylation sites (N-methyl/N-ethyl adjacent to an activating group) is 1. The minimum Gasteiger partial charge on any atom is -0.388 e. The molecule has 0 spiro atoms. The molecule has 0 fully saturated rings. The summed E-state index contributed by atoms with van der Waals surface area (Å²) in [6, 6.07) is 8.60. The molecule has 0 amide bonds. The van der Waals surface area contributed by atoms with Crippen LogP contribution in [0, 0.1) is 0 Å². The molecule has 1 aliphatic rings. The third-order valence-electron chi connectivity index (χ3n) is 4.18. The van der Waals surface area contributed by atoms with E-state index in [1.807, 2.05) is 14.1 Å². The average Bonchev–Trinajstić information content (AvgIpc) is 2.86. The monoisotopic (exact) mass is 305 g/mol. The maximum atomic E-state index is 4.03. The molecule has 0 bridgehead atoms. The summed E-state index contributed by atoms with van der Waals surface area (Å²) < 4.78 is 2.23. The molecule has 2 N–H and O–H groups in total. The second-order valence-corrected chi connectivity index (χ2v) is 5.74. The molecular formula is C20H23N3. The number of nitrogens with one attached hydrogen (secondary N) is 2. The molecule has 0 radical (unpaired) electrons. The van der Waals surface area contributed by atoms with Gasteiger partial charge in [-0.3, -0.25) is 0 Å². The number of rotatable bonds is 5. The van der Waals surface area contributed by atoms with E-state index in [1.165, 1.54) is 22.2 Å². The molecule has 1 aliphatic carbocycles. The number of aromatic nitrogens is 1. The van der Waals surface area contributed by atoms with Crippen LogP contribution in [-0.4, -0.2) is 25.2 Å². The minimum absolute atomic E-state index is 0.927. The maximum Gasteiger partial charge on any atom is 0.0528 e. The first kappa shape index (κ1) is 15.4. The van der Waals surface area contributed by atoms with E-state index >= 15 is 0 Å². The van der Waals surface area contributed by atoms with Gasteiger partial charge in [0.15, 0.2) is 0 Å². The fourth-order valence-corrected chi connectivity index (χ4v) is 2.88. The van der Waals surface area contributed by atoms with Crippen molar-refractivity contribution in [2.75, 3.05) is 20.6 Å². The van der Waals surface area contributed by atoms with Gasteiger partial charge in [0, 0.05) is 36.6 Å². The van der Waals surface area contributed by atoms with Gasteiger partial charge >= 0.3 is 0 Å². The Hall–Kier alpha value is -2.52. The van der Waals surface area contributed by atoms with Gasteiger partial charge in [-0.2, -0.15) is 0 Å². The lowest BCUT2D eigenvalue weighted by molar-refractivity contribution is 0.862. The molecule has 2 aromatic rings. The predicted octanol–water partition coefficient (Wildman–Crippen LogP) is 3.78. The summed E-state index contributed by atoms with van der Waals surface area (Å²) in [6.07, 6.45) is 11.9. The Labute approximate surface area is 137 Å². The van der Waals surface area contributed by atoms with E-state index in [-0.39, 0.29) is 0 Å². The zero-order chi connectivity index (χ0) is 16.2. The van der Waals surface area contributed by atoms with E-state index in [0.29, 0.717) is 0 Å². The normalized spacial score (nSPS) is 14.3. The molecule has 0 atom stereocenters. The highest BCUT2D eigenvalue weighted by Gasteiger charge is 2.07. The number of allylic oxidation sites excluding steroid dienone is 5. The summed E-state index contributed by atoms with van der Waals surface area (Å²) in [4.78, 5) is 0. The summed E-state index contributed by atoms with van der Waals surface area (Å²) in [5.74, 6) is 0. The van der Waals surface area contributed by atoms with Crippen molar-refractivity contribution in [3.8, 4) is 0 Å². The van der Waals surface area contributed by atoms with Crippen LogP contribution in [0.5, 0.6) is 0 Å². The Bertz CT molecular complexity index is 819. The van der Waals surface area contributed by atoms with Crippen molar-refractivity contribution in [2.24, 2.45) is 0 Å². The number of fused-ring (bicyclic) bond motifs is 1. The van der Waals surface area contributed by atoms with E-state index in [4.69, 9.17) is 0 Å². The molecule has 0 unspecified atom stereocenters. The van der Waals surface area contributed by atoms with Gasteiger partial charge in [0.1, 0.15) is 0 Å². The van der Waals surface area contributed by atoms with Gasteiger partial charge in [-0.1, -0.05) is 30.4 Å². The summed E-state index contributed by atoms with van der Waals surface area (Å²) in [7, 11) is 3.88. The predicted molar refractivity (Wildman–Crippen MR) is 100 cm³/mol. The number of hydrogen-bond acceptors (Lipinski definition) is 2. The van der Waals surface area contributed by atoms with Crippen LogP contribution in [-0.2, 0) is 0 Å². The molecule has 3 nitrogen and oxygen atoms in total. The molecule has 3 heteroatoms. The third-order valence-corrected chi connectivity index (χ3v) is 4.18. The van der Waals surface area contributed by atoms with Gasteiger partial charge in [0.25, 0.3) is 0 Å². The van der Waals surface area contributed by atoms with Crippen LogP contribution in [0.15, 0.2) is 66.9 Å². The minimum atomic E-state index is 0.927. The molecule has 3 rings (SSSR count). The first-order chi connectivity index (χ1) is 11.2. The highest BCUT2D eigenvalue weighted by molar-refractivity contribution is 5.87. The smallest absolute Gasteiger partial charge is 0.0528 e. The molecule has 0 aliphatic heterocycles. The van der Waals surface area contributed by atoms with E-state index in [1.54, 1.807) is 0 Å². The van der Waals surface area contributed by atoms with Gasteiger partial charge in [-0.15, -0.1) is 0 Å². The van der Waals surface area contributed by atoms with E-state index in [0.717, 1.165) is 24.2 Å². The van der Waals surface area contributed by atoms with Crippen molar-refractivity contribution in [3.63, 3.8) is 0 Å². The molecule has 23 heavy (non-hydrogen) atoms. The Morgan fingerprint density at radius 3 is 2.87 bits per heavy atom. The standard InChI is InChI=1S/C20H23N3/c1-15(22-3)17-8-10-20-18(13-17)11-12-23(20)19-6-4-5-16(7-9-19)14-21-2/h4,6-13,21-22H,1,5,14H2,2-3H3. The van der Waals surface area contributed by atoms with E-state index < -0.39 is 0 Å². The van der Waals surface area contributed by atoms with Crippen molar-refractivity contribution in [1.82, 2.24) is 15.2 Å². The molecule has 0 saturated carbocycles. The zero-order valence-corrected chi connectivity index (χ0v) is 13.8. The first-order valence-corrected chi connectivity index (χ1v) is 7.92. The second-order valence-electron chi connectivity index (χ2n) is 5.74. The van der Waals surface area contributed by atoms with Crippen LogP contribution in [0.2, 0.25) is 0 Å². The molecular weight excluding hydrogens is 282 g/mol. The van der Waals surface area contributed by atoms with E-state index in [2.05, 4.69) is 76.5 Å². The Balaban J connectivity index is 1.99. The average molecular weight is 305 g/mol. The van der Waals surface area contributed by atoms with Crippen molar-refractivity contribution < 1.29 is 0 Å². The van der Waals surface area contributed by atoms with E-state index in [9.17, 15) is 0 Å². The number of hydrogen-bond donors (Lipinski definition) is 2. The fourth-order valence-electron chi connectivity index (χ4n) is 2.88. The Kier molecular flexibility index (Phi) is 4.49. The van der Waals surface area contributed by atoms with Crippen molar-refractivity contribution in [3.05, 3.63) is 72.5 Å². The highest BCUT2D eigenvalue weighted by atomic mass is 15.0. The van der Waals surface area contributed by atoms with Gasteiger partial charge < -0.3 is 15.2 Å². The van der Waals surface area contributed by atoms with Gasteiger partial charge in [-0.05, 0) is 49.4 Å². The Morgan fingerprint density at radius 2 is 2.09 bits per heavy atom. The van der Waals surface area contributed by atoms with Crippen molar-refractivity contribution in [2.45, 2.75) is 6.42 Å². The molecule has 1 aromatic heterocycles. The van der Waals surface area contributed by atoms with Crippen molar-refractivity contribution in [1.29, 1.82) is 0 Å². The summed E-state index contributed by atoms with van der Waals surface area (Å²) >= 11 is 0. The highest BCUT2D eigenvalue weighted by Crippen LogP contribution is 2.25. The quantitative estimate of drug-likeness (QED) is 0.880. The van der Waals surface area contributed by atoms with Crippen LogP contribution < -0.4 is 10.6 Å². The van der Waals surface area contributed by atoms with Gasteiger partial charge in [0.2, 0.25) is 0 Å². The van der Waals surface area contributed by atoms with Gasteiger partial charge in [-0.25, -0.2) is 0 Å². The lowest BCUT2D eigenvalue weighted by atomic mass is 10.1. The molecule has 118 valence electrons. The van der Waals surface area contributed by atoms with Crippen LogP contribution in [0.3, 0.4) is 0 Å². The number of nitrogens with zero attached hydrogens (tertiary/aromatic N) is 1. The topological polar surface area (TPSA) is 29.0 Å². The number of benzene rings is 1.